The Labute approximate surface area is 92.1 Å². The third-order valence-corrected chi connectivity index (χ3v) is 3.37. The van der Waals surface area contributed by atoms with Gasteiger partial charge in [-0.1, -0.05) is 31.5 Å². The van der Waals surface area contributed by atoms with Crippen molar-refractivity contribution in [1.82, 2.24) is 0 Å². The molecule has 1 aromatic rings. The van der Waals surface area contributed by atoms with Crippen LogP contribution in [0, 0.1) is 5.92 Å². The van der Waals surface area contributed by atoms with Crippen LogP contribution in [0.25, 0.3) is 0 Å². The Morgan fingerprint density at radius 1 is 1.40 bits per heavy atom. The molecule has 0 amide bonds. The predicted octanol–water partition coefficient (Wildman–Crippen LogP) is 2.03. The SMILES string of the molecule is CCC(CN)CN1CCc2ccccc21. The van der Waals surface area contributed by atoms with Gasteiger partial charge in [-0.25, -0.2) is 0 Å². The molecule has 0 aromatic heterocycles. The summed E-state index contributed by atoms with van der Waals surface area (Å²) >= 11 is 0. The lowest BCUT2D eigenvalue weighted by molar-refractivity contribution is 0.513. The summed E-state index contributed by atoms with van der Waals surface area (Å²) in [6.45, 7) is 5.30. The predicted molar refractivity (Wildman–Crippen MR) is 65.2 cm³/mol. The second-order valence-corrected chi connectivity index (χ2v) is 4.33. The molecule has 1 aromatic carbocycles. The largest absolute Gasteiger partial charge is 0.371 e. The molecule has 0 saturated heterocycles. The molecule has 0 bridgehead atoms. The quantitative estimate of drug-likeness (QED) is 0.813. The van der Waals surface area contributed by atoms with E-state index in [4.69, 9.17) is 5.73 Å². The fraction of sp³-hybridized carbons (Fsp3) is 0.538. The number of nitrogens with two attached hydrogens (primary N) is 1. The lowest BCUT2D eigenvalue weighted by Crippen LogP contribution is -2.31. The van der Waals surface area contributed by atoms with Crippen molar-refractivity contribution in [2.45, 2.75) is 19.8 Å². The first-order chi connectivity index (χ1) is 7.35. The maximum absolute atomic E-state index is 5.75. The van der Waals surface area contributed by atoms with Gasteiger partial charge in [-0.15, -0.1) is 0 Å². The summed E-state index contributed by atoms with van der Waals surface area (Å²) in [5, 5.41) is 0. The van der Waals surface area contributed by atoms with Gasteiger partial charge in [0, 0.05) is 18.8 Å². The minimum atomic E-state index is 0.635. The molecule has 1 heterocycles. The Morgan fingerprint density at radius 2 is 2.20 bits per heavy atom. The van der Waals surface area contributed by atoms with Crippen LogP contribution in [0.15, 0.2) is 24.3 Å². The number of nitrogens with zero attached hydrogens (tertiary/aromatic N) is 1. The van der Waals surface area contributed by atoms with Crippen molar-refractivity contribution in [1.29, 1.82) is 0 Å². The lowest BCUT2D eigenvalue weighted by Gasteiger charge is -2.24. The molecule has 1 aliphatic heterocycles. The molecular formula is C13H20N2. The van der Waals surface area contributed by atoms with Crippen LogP contribution in [-0.4, -0.2) is 19.6 Å². The van der Waals surface area contributed by atoms with Crippen molar-refractivity contribution in [2.24, 2.45) is 11.7 Å². The van der Waals surface area contributed by atoms with E-state index in [0.29, 0.717) is 5.92 Å². The average molecular weight is 204 g/mol. The molecular weight excluding hydrogens is 184 g/mol. The first kappa shape index (κ1) is 10.5. The molecule has 2 heteroatoms. The molecule has 1 unspecified atom stereocenters. The number of anilines is 1. The van der Waals surface area contributed by atoms with Crippen molar-refractivity contribution < 1.29 is 0 Å². The number of rotatable bonds is 4. The van der Waals surface area contributed by atoms with E-state index < -0.39 is 0 Å². The van der Waals surface area contributed by atoms with Gasteiger partial charge in [0.05, 0.1) is 0 Å². The second-order valence-electron chi connectivity index (χ2n) is 4.33. The van der Waals surface area contributed by atoms with Gasteiger partial charge in [0.2, 0.25) is 0 Å². The zero-order chi connectivity index (χ0) is 10.7. The van der Waals surface area contributed by atoms with Crippen LogP contribution < -0.4 is 10.6 Å². The van der Waals surface area contributed by atoms with Crippen molar-refractivity contribution in [3.05, 3.63) is 29.8 Å². The van der Waals surface area contributed by atoms with Gasteiger partial charge in [-0.3, -0.25) is 0 Å². The molecule has 0 radical (unpaired) electrons. The Kier molecular flexibility index (Phi) is 3.27. The molecule has 82 valence electrons. The Morgan fingerprint density at radius 3 is 2.93 bits per heavy atom. The minimum Gasteiger partial charge on any atom is -0.371 e. The molecule has 1 atom stereocenters. The maximum Gasteiger partial charge on any atom is 0.0399 e. The molecule has 0 fully saturated rings. The van der Waals surface area contributed by atoms with E-state index in [-0.39, 0.29) is 0 Å². The van der Waals surface area contributed by atoms with Crippen LogP contribution >= 0.6 is 0 Å². The van der Waals surface area contributed by atoms with Gasteiger partial charge in [0.15, 0.2) is 0 Å². The molecule has 0 spiro atoms. The Balaban J connectivity index is 2.07. The van der Waals surface area contributed by atoms with E-state index >= 15 is 0 Å². The Hall–Kier alpha value is -1.02. The molecule has 0 saturated carbocycles. The van der Waals surface area contributed by atoms with E-state index in [2.05, 4.69) is 36.1 Å². The third-order valence-electron chi connectivity index (χ3n) is 3.37. The zero-order valence-corrected chi connectivity index (χ0v) is 9.45. The molecule has 15 heavy (non-hydrogen) atoms. The smallest absolute Gasteiger partial charge is 0.0399 e. The van der Waals surface area contributed by atoms with Crippen molar-refractivity contribution >= 4 is 5.69 Å². The fourth-order valence-corrected chi connectivity index (χ4v) is 2.28. The number of para-hydroxylation sites is 1. The van der Waals surface area contributed by atoms with Crippen LogP contribution in [0.3, 0.4) is 0 Å². The first-order valence-electron chi connectivity index (χ1n) is 5.88. The fourth-order valence-electron chi connectivity index (χ4n) is 2.28. The van der Waals surface area contributed by atoms with Crippen LogP contribution in [0.4, 0.5) is 5.69 Å². The highest BCUT2D eigenvalue weighted by Gasteiger charge is 2.20. The average Bonchev–Trinajstić information content (AvgIpc) is 2.69. The lowest BCUT2D eigenvalue weighted by atomic mass is 10.1. The summed E-state index contributed by atoms with van der Waals surface area (Å²) in [5.74, 6) is 0.635. The molecule has 2 nitrogen and oxygen atoms in total. The van der Waals surface area contributed by atoms with Crippen LogP contribution in [0.5, 0.6) is 0 Å². The number of benzene rings is 1. The van der Waals surface area contributed by atoms with Gasteiger partial charge in [0.25, 0.3) is 0 Å². The van der Waals surface area contributed by atoms with Crippen LogP contribution in [-0.2, 0) is 6.42 Å². The summed E-state index contributed by atoms with van der Waals surface area (Å²) < 4.78 is 0. The highest BCUT2D eigenvalue weighted by molar-refractivity contribution is 5.57. The number of hydrogen-bond acceptors (Lipinski definition) is 2. The van der Waals surface area contributed by atoms with E-state index in [0.717, 1.165) is 19.6 Å². The topological polar surface area (TPSA) is 29.3 Å². The molecule has 1 aliphatic rings. The van der Waals surface area contributed by atoms with E-state index in [1.165, 1.54) is 24.1 Å². The Bertz CT molecular complexity index is 318. The van der Waals surface area contributed by atoms with Gasteiger partial charge in [-0.2, -0.15) is 0 Å². The first-order valence-corrected chi connectivity index (χ1v) is 5.88. The molecule has 2 rings (SSSR count). The zero-order valence-electron chi connectivity index (χ0n) is 9.45. The van der Waals surface area contributed by atoms with Crippen molar-refractivity contribution in [2.75, 3.05) is 24.5 Å². The summed E-state index contributed by atoms with van der Waals surface area (Å²) in [5.41, 5.74) is 8.67. The van der Waals surface area contributed by atoms with Crippen LogP contribution in [0.1, 0.15) is 18.9 Å². The normalized spacial score (nSPS) is 16.5. The molecule has 0 aliphatic carbocycles. The van der Waals surface area contributed by atoms with Gasteiger partial charge < -0.3 is 10.6 Å². The highest BCUT2D eigenvalue weighted by atomic mass is 15.1. The summed E-state index contributed by atoms with van der Waals surface area (Å²) in [6, 6.07) is 8.72. The summed E-state index contributed by atoms with van der Waals surface area (Å²) in [6.07, 6.45) is 2.37. The molecule has 2 N–H and O–H groups in total. The maximum atomic E-state index is 5.75. The second kappa shape index (κ2) is 4.67. The summed E-state index contributed by atoms with van der Waals surface area (Å²) in [7, 11) is 0. The summed E-state index contributed by atoms with van der Waals surface area (Å²) in [4.78, 5) is 2.48. The van der Waals surface area contributed by atoms with Gasteiger partial charge in [-0.05, 0) is 30.5 Å². The van der Waals surface area contributed by atoms with E-state index in [9.17, 15) is 0 Å². The van der Waals surface area contributed by atoms with Crippen LogP contribution in [0.2, 0.25) is 0 Å². The van der Waals surface area contributed by atoms with E-state index in [1.54, 1.807) is 0 Å². The monoisotopic (exact) mass is 204 g/mol. The highest BCUT2D eigenvalue weighted by Crippen LogP contribution is 2.28. The number of hydrogen-bond donors (Lipinski definition) is 1. The standard InChI is InChI=1S/C13H20N2/c1-2-11(9-14)10-15-8-7-12-5-3-4-6-13(12)15/h3-6,11H,2,7-10,14H2,1H3. The third kappa shape index (κ3) is 2.15. The number of fused-ring (bicyclic) bond motifs is 1. The van der Waals surface area contributed by atoms with Crippen molar-refractivity contribution in [3.8, 4) is 0 Å². The minimum absolute atomic E-state index is 0.635. The van der Waals surface area contributed by atoms with Crippen molar-refractivity contribution in [3.63, 3.8) is 0 Å². The van der Waals surface area contributed by atoms with E-state index in [1.807, 2.05) is 0 Å². The van der Waals surface area contributed by atoms with Gasteiger partial charge in [0.1, 0.15) is 0 Å². The van der Waals surface area contributed by atoms with Gasteiger partial charge >= 0.3 is 0 Å².